The van der Waals surface area contributed by atoms with Gasteiger partial charge in [0, 0.05) is 4.47 Å². The highest BCUT2D eigenvalue weighted by Crippen LogP contribution is 2.18. The number of hydrogen-bond acceptors (Lipinski definition) is 1. The second-order valence-corrected chi connectivity index (χ2v) is 4.09. The Kier molecular flexibility index (Phi) is 3.63. The Morgan fingerprint density at radius 2 is 2.29 bits per heavy atom. The van der Waals surface area contributed by atoms with E-state index in [1.54, 1.807) is 19.1 Å². The first kappa shape index (κ1) is 11.2. The highest BCUT2D eigenvalue weighted by molar-refractivity contribution is 9.10. The van der Waals surface area contributed by atoms with Crippen LogP contribution in [0.2, 0.25) is 0 Å². The van der Waals surface area contributed by atoms with Crippen molar-refractivity contribution in [3.8, 4) is 0 Å². The third-order valence-electron chi connectivity index (χ3n) is 1.96. The number of rotatable bonds is 3. The molecule has 0 saturated heterocycles. The van der Waals surface area contributed by atoms with E-state index in [0.717, 1.165) is 4.47 Å². The first-order chi connectivity index (χ1) is 6.50. The summed E-state index contributed by atoms with van der Waals surface area (Å²) in [5.74, 6) is -1.84. The van der Waals surface area contributed by atoms with Crippen LogP contribution in [0.4, 0.5) is 4.39 Å². The topological polar surface area (TPSA) is 37.3 Å². The lowest BCUT2D eigenvalue weighted by Crippen LogP contribution is -2.13. The molecule has 0 bridgehead atoms. The zero-order valence-corrected chi connectivity index (χ0v) is 9.21. The van der Waals surface area contributed by atoms with E-state index in [1.807, 2.05) is 0 Å². The highest BCUT2D eigenvalue weighted by atomic mass is 79.9. The maximum atomic E-state index is 13.2. The van der Waals surface area contributed by atoms with E-state index in [1.165, 1.54) is 6.07 Å². The highest BCUT2D eigenvalue weighted by Gasteiger charge is 2.14. The molecule has 0 radical (unpaired) electrons. The second kappa shape index (κ2) is 4.55. The lowest BCUT2D eigenvalue weighted by atomic mass is 10.0. The van der Waals surface area contributed by atoms with Crippen molar-refractivity contribution in [2.45, 2.75) is 13.3 Å². The van der Waals surface area contributed by atoms with E-state index in [2.05, 4.69) is 15.9 Å². The van der Waals surface area contributed by atoms with Crippen LogP contribution in [-0.4, -0.2) is 11.1 Å². The van der Waals surface area contributed by atoms with Crippen LogP contribution in [0.5, 0.6) is 0 Å². The molecule has 1 atom stereocenters. The van der Waals surface area contributed by atoms with Crippen molar-refractivity contribution in [3.05, 3.63) is 34.1 Å². The van der Waals surface area contributed by atoms with Crippen LogP contribution in [-0.2, 0) is 11.2 Å². The Balaban J connectivity index is 2.85. The molecule has 4 heteroatoms. The Bertz CT molecular complexity index is 352. The summed E-state index contributed by atoms with van der Waals surface area (Å²) in [6.45, 7) is 1.56. The molecule has 0 aliphatic rings. The average molecular weight is 261 g/mol. The lowest BCUT2D eigenvalue weighted by molar-refractivity contribution is -0.141. The third kappa shape index (κ3) is 2.80. The van der Waals surface area contributed by atoms with Crippen LogP contribution in [0.25, 0.3) is 0 Å². The van der Waals surface area contributed by atoms with Gasteiger partial charge in [-0.25, -0.2) is 4.39 Å². The summed E-state index contributed by atoms with van der Waals surface area (Å²) in [5.41, 5.74) is 0.425. The summed E-state index contributed by atoms with van der Waals surface area (Å²) in [6.07, 6.45) is 0.209. The maximum Gasteiger partial charge on any atom is 0.306 e. The fourth-order valence-corrected chi connectivity index (χ4v) is 1.53. The van der Waals surface area contributed by atoms with Gasteiger partial charge in [0.25, 0.3) is 0 Å². The Hall–Kier alpha value is -0.900. The monoisotopic (exact) mass is 260 g/mol. The van der Waals surface area contributed by atoms with Crippen LogP contribution < -0.4 is 0 Å². The van der Waals surface area contributed by atoms with Gasteiger partial charge in [-0.15, -0.1) is 0 Å². The van der Waals surface area contributed by atoms with E-state index in [4.69, 9.17) is 5.11 Å². The molecule has 1 unspecified atom stereocenters. The number of carboxylic acids is 1. The number of carbonyl (C=O) groups is 1. The van der Waals surface area contributed by atoms with Gasteiger partial charge in [0.2, 0.25) is 0 Å². The van der Waals surface area contributed by atoms with Crippen LogP contribution in [0.15, 0.2) is 22.7 Å². The molecule has 1 aromatic rings. The number of hydrogen-bond donors (Lipinski definition) is 1. The van der Waals surface area contributed by atoms with Gasteiger partial charge < -0.3 is 5.11 Å². The van der Waals surface area contributed by atoms with E-state index < -0.39 is 11.9 Å². The zero-order valence-electron chi connectivity index (χ0n) is 7.63. The minimum Gasteiger partial charge on any atom is -0.481 e. The quantitative estimate of drug-likeness (QED) is 0.908. The first-order valence-corrected chi connectivity index (χ1v) is 4.96. The summed E-state index contributed by atoms with van der Waals surface area (Å²) in [4.78, 5) is 10.6. The van der Waals surface area contributed by atoms with Crippen LogP contribution >= 0.6 is 15.9 Å². The molecule has 1 N–H and O–H groups in total. The molecule has 1 aromatic carbocycles. The molecule has 0 aromatic heterocycles. The second-order valence-electron chi connectivity index (χ2n) is 3.18. The van der Waals surface area contributed by atoms with Gasteiger partial charge >= 0.3 is 5.97 Å². The van der Waals surface area contributed by atoms with Crippen LogP contribution in [0, 0.1) is 11.7 Å². The largest absolute Gasteiger partial charge is 0.481 e. The molecule has 0 heterocycles. The van der Waals surface area contributed by atoms with E-state index >= 15 is 0 Å². The summed E-state index contributed by atoms with van der Waals surface area (Å²) < 4.78 is 13.9. The fraction of sp³-hybridized carbons (Fsp3) is 0.300. The molecule has 0 spiro atoms. The molecule has 1 rings (SSSR count). The van der Waals surface area contributed by atoms with E-state index in [0.29, 0.717) is 5.56 Å². The summed E-state index contributed by atoms with van der Waals surface area (Å²) in [6, 6.07) is 4.52. The van der Waals surface area contributed by atoms with Crippen molar-refractivity contribution in [1.82, 2.24) is 0 Å². The number of carboxylic acid groups (broad SMARTS) is 1. The van der Waals surface area contributed by atoms with Gasteiger partial charge in [-0.2, -0.15) is 0 Å². The Morgan fingerprint density at radius 3 is 2.86 bits per heavy atom. The molecule has 2 nitrogen and oxygen atoms in total. The minimum absolute atomic E-state index is 0.209. The minimum atomic E-state index is -0.913. The van der Waals surface area contributed by atoms with Gasteiger partial charge in [0.05, 0.1) is 5.92 Å². The molecular weight excluding hydrogens is 251 g/mol. The normalized spacial score (nSPS) is 12.5. The standard InChI is InChI=1S/C10H10BrFO2/c1-6(10(13)14)4-7-5-8(11)2-3-9(7)12/h2-3,5-6H,4H2,1H3,(H,13,14). The van der Waals surface area contributed by atoms with E-state index in [9.17, 15) is 9.18 Å². The van der Waals surface area contributed by atoms with Crippen molar-refractivity contribution in [3.63, 3.8) is 0 Å². The molecule has 76 valence electrons. The third-order valence-corrected chi connectivity index (χ3v) is 2.45. The Labute approximate surface area is 89.9 Å². The number of aliphatic carboxylic acids is 1. The van der Waals surface area contributed by atoms with Gasteiger partial charge in [-0.05, 0) is 30.2 Å². The summed E-state index contributed by atoms with van der Waals surface area (Å²) in [5, 5.41) is 8.67. The van der Waals surface area contributed by atoms with Crippen molar-refractivity contribution in [2.75, 3.05) is 0 Å². The molecule has 0 aliphatic carbocycles. The van der Waals surface area contributed by atoms with Gasteiger partial charge in [-0.1, -0.05) is 22.9 Å². The predicted octanol–water partition coefficient (Wildman–Crippen LogP) is 2.85. The van der Waals surface area contributed by atoms with Crippen molar-refractivity contribution < 1.29 is 14.3 Å². The van der Waals surface area contributed by atoms with E-state index in [-0.39, 0.29) is 12.2 Å². The van der Waals surface area contributed by atoms with Gasteiger partial charge in [0.1, 0.15) is 5.82 Å². The molecule has 14 heavy (non-hydrogen) atoms. The van der Waals surface area contributed by atoms with Crippen molar-refractivity contribution in [1.29, 1.82) is 0 Å². The van der Waals surface area contributed by atoms with Gasteiger partial charge in [-0.3, -0.25) is 4.79 Å². The molecule has 0 fully saturated rings. The zero-order chi connectivity index (χ0) is 10.7. The van der Waals surface area contributed by atoms with Crippen molar-refractivity contribution >= 4 is 21.9 Å². The molecule has 0 saturated carbocycles. The first-order valence-electron chi connectivity index (χ1n) is 4.17. The SMILES string of the molecule is CC(Cc1cc(Br)ccc1F)C(=O)O. The predicted molar refractivity (Wildman–Crippen MR) is 54.6 cm³/mol. The van der Waals surface area contributed by atoms with Crippen LogP contribution in [0.3, 0.4) is 0 Å². The Morgan fingerprint density at radius 1 is 1.64 bits per heavy atom. The van der Waals surface area contributed by atoms with Gasteiger partial charge in [0.15, 0.2) is 0 Å². The maximum absolute atomic E-state index is 13.2. The summed E-state index contributed by atoms with van der Waals surface area (Å²) >= 11 is 3.21. The number of benzene rings is 1. The lowest BCUT2D eigenvalue weighted by Gasteiger charge is -2.07. The summed E-state index contributed by atoms with van der Waals surface area (Å²) in [7, 11) is 0. The molecular formula is C10H10BrFO2. The molecule has 0 aliphatic heterocycles. The smallest absolute Gasteiger partial charge is 0.306 e. The molecule has 0 amide bonds. The fourth-order valence-electron chi connectivity index (χ4n) is 1.12. The van der Waals surface area contributed by atoms with Crippen LogP contribution in [0.1, 0.15) is 12.5 Å². The van der Waals surface area contributed by atoms with Crippen molar-refractivity contribution in [2.24, 2.45) is 5.92 Å². The average Bonchev–Trinajstić information content (AvgIpc) is 2.11. The number of halogens is 2.